The van der Waals surface area contributed by atoms with E-state index in [0.29, 0.717) is 24.0 Å². The Morgan fingerprint density at radius 1 is 1.24 bits per heavy atom. The molecule has 0 radical (unpaired) electrons. The van der Waals surface area contributed by atoms with Gasteiger partial charge in [-0.1, -0.05) is 36.7 Å². The van der Waals surface area contributed by atoms with Crippen LogP contribution in [0.25, 0.3) is 0 Å². The molecule has 0 saturated heterocycles. The summed E-state index contributed by atoms with van der Waals surface area (Å²) in [6.07, 6.45) is 3.93. The third-order valence-electron chi connectivity index (χ3n) is 4.72. The molecule has 0 aliphatic heterocycles. The van der Waals surface area contributed by atoms with Crippen molar-refractivity contribution in [2.45, 2.75) is 45.1 Å². The van der Waals surface area contributed by atoms with Crippen molar-refractivity contribution in [3.05, 3.63) is 63.7 Å². The molecule has 1 fully saturated rings. The summed E-state index contributed by atoms with van der Waals surface area (Å²) in [6, 6.07) is 12.0. The molecule has 3 rings (SSSR count). The molecule has 4 heteroatoms. The maximum absolute atomic E-state index is 11.0. The Labute approximate surface area is 154 Å². The van der Waals surface area contributed by atoms with Crippen molar-refractivity contribution in [3.63, 3.8) is 0 Å². The maximum atomic E-state index is 11.0. The van der Waals surface area contributed by atoms with E-state index in [4.69, 9.17) is 16.3 Å². The quantitative estimate of drug-likeness (QED) is 0.636. The third kappa shape index (κ3) is 3.88. The SMILES string of the molecule is CCO[C@@H](c1cc(Cl)ccc1NC=O)c1cccc(CC)c1C1CC1. The van der Waals surface area contributed by atoms with E-state index in [9.17, 15) is 4.79 Å². The molecule has 2 aromatic carbocycles. The van der Waals surface area contributed by atoms with Crippen molar-refractivity contribution >= 4 is 23.7 Å². The normalized spacial score (nSPS) is 15.0. The van der Waals surface area contributed by atoms with Gasteiger partial charge >= 0.3 is 0 Å². The van der Waals surface area contributed by atoms with Gasteiger partial charge in [0.15, 0.2) is 0 Å². The summed E-state index contributed by atoms with van der Waals surface area (Å²) in [7, 11) is 0. The van der Waals surface area contributed by atoms with Crippen LogP contribution in [0.1, 0.15) is 61.0 Å². The van der Waals surface area contributed by atoms with Gasteiger partial charge in [0.2, 0.25) is 6.41 Å². The molecule has 0 spiro atoms. The summed E-state index contributed by atoms with van der Waals surface area (Å²) >= 11 is 6.25. The van der Waals surface area contributed by atoms with Gasteiger partial charge in [-0.05, 0) is 67.0 Å². The summed E-state index contributed by atoms with van der Waals surface area (Å²) in [4.78, 5) is 11.0. The van der Waals surface area contributed by atoms with Crippen molar-refractivity contribution in [2.75, 3.05) is 11.9 Å². The molecule has 1 amide bonds. The molecule has 25 heavy (non-hydrogen) atoms. The molecule has 1 N–H and O–H groups in total. The number of carbonyl (C=O) groups excluding carboxylic acids is 1. The molecule has 132 valence electrons. The molecule has 3 nitrogen and oxygen atoms in total. The second-order valence-electron chi connectivity index (χ2n) is 6.38. The Hall–Kier alpha value is -1.84. The maximum Gasteiger partial charge on any atom is 0.211 e. The predicted octanol–water partition coefficient (Wildman–Crippen LogP) is 5.47. The largest absolute Gasteiger partial charge is 0.369 e. The average molecular weight is 358 g/mol. The van der Waals surface area contributed by atoms with E-state index in [0.717, 1.165) is 17.7 Å². The predicted molar refractivity (Wildman–Crippen MR) is 102 cm³/mol. The number of nitrogens with one attached hydrogen (secondary N) is 1. The van der Waals surface area contributed by atoms with Crippen LogP contribution in [0, 0.1) is 0 Å². The van der Waals surface area contributed by atoms with Crippen LogP contribution in [-0.4, -0.2) is 13.0 Å². The lowest BCUT2D eigenvalue weighted by Crippen LogP contribution is -2.13. The highest BCUT2D eigenvalue weighted by molar-refractivity contribution is 6.30. The van der Waals surface area contributed by atoms with Gasteiger partial charge in [0.05, 0.1) is 0 Å². The Bertz CT molecular complexity index is 756. The Morgan fingerprint density at radius 3 is 2.68 bits per heavy atom. The number of hydrogen-bond acceptors (Lipinski definition) is 2. The standard InChI is InChI=1S/C21H24ClNO2/c1-3-14-6-5-7-17(20(14)15-8-9-15)21(25-4-2)18-12-16(22)10-11-19(18)23-13-24/h5-7,10-13,15,21H,3-4,8-9H2,1-2H3,(H,23,24)/t21-/m1/s1. The van der Waals surface area contributed by atoms with Crippen LogP contribution < -0.4 is 5.32 Å². The number of carbonyl (C=O) groups is 1. The zero-order chi connectivity index (χ0) is 17.8. The lowest BCUT2D eigenvalue weighted by Gasteiger charge is -2.25. The topological polar surface area (TPSA) is 38.3 Å². The number of ether oxygens (including phenoxy) is 1. The first-order valence-electron chi connectivity index (χ1n) is 8.92. The van der Waals surface area contributed by atoms with Crippen LogP contribution in [0.5, 0.6) is 0 Å². The molecule has 0 aromatic heterocycles. The van der Waals surface area contributed by atoms with Gasteiger partial charge < -0.3 is 10.1 Å². The van der Waals surface area contributed by atoms with Gasteiger partial charge in [0.25, 0.3) is 0 Å². The van der Waals surface area contributed by atoms with Crippen LogP contribution in [0.3, 0.4) is 0 Å². The van der Waals surface area contributed by atoms with E-state index < -0.39 is 0 Å². The molecule has 0 heterocycles. The fraction of sp³-hybridized carbons (Fsp3) is 0.381. The van der Waals surface area contributed by atoms with E-state index >= 15 is 0 Å². The molecule has 0 unspecified atom stereocenters. The first kappa shape index (κ1) is 18.0. The van der Waals surface area contributed by atoms with Crippen LogP contribution in [0.15, 0.2) is 36.4 Å². The fourth-order valence-electron chi connectivity index (χ4n) is 3.50. The second kappa shape index (κ2) is 8.03. The van der Waals surface area contributed by atoms with Crippen LogP contribution in [-0.2, 0) is 16.0 Å². The van der Waals surface area contributed by atoms with E-state index in [1.165, 1.54) is 29.5 Å². The molecular formula is C21H24ClNO2. The molecule has 1 atom stereocenters. The molecular weight excluding hydrogens is 334 g/mol. The zero-order valence-corrected chi connectivity index (χ0v) is 15.5. The number of aryl methyl sites for hydroxylation is 1. The van der Waals surface area contributed by atoms with Crippen LogP contribution >= 0.6 is 11.6 Å². The summed E-state index contributed by atoms with van der Waals surface area (Å²) in [5.74, 6) is 0.621. The number of rotatable bonds is 8. The van der Waals surface area contributed by atoms with E-state index in [1.54, 1.807) is 6.07 Å². The van der Waals surface area contributed by atoms with Crippen molar-refractivity contribution in [1.82, 2.24) is 0 Å². The molecule has 0 bridgehead atoms. The summed E-state index contributed by atoms with van der Waals surface area (Å²) < 4.78 is 6.16. The number of amides is 1. The van der Waals surface area contributed by atoms with Gasteiger partial charge in [0.1, 0.15) is 6.10 Å². The van der Waals surface area contributed by atoms with Gasteiger partial charge in [-0.3, -0.25) is 4.79 Å². The van der Waals surface area contributed by atoms with Crippen molar-refractivity contribution in [2.24, 2.45) is 0 Å². The highest BCUT2D eigenvalue weighted by Crippen LogP contribution is 2.47. The smallest absolute Gasteiger partial charge is 0.211 e. The van der Waals surface area contributed by atoms with E-state index in [1.807, 2.05) is 19.1 Å². The molecule has 2 aromatic rings. The minimum Gasteiger partial charge on any atom is -0.369 e. The fourth-order valence-corrected chi connectivity index (χ4v) is 3.68. The van der Waals surface area contributed by atoms with Gasteiger partial charge in [-0.15, -0.1) is 0 Å². The number of hydrogen-bond donors (Lipinski definition) is 1. The average Bonchev–Trinajstić information content (AvgIpc) is 3.46. The van der Waals surface area contributed by atoms with E-state index in [2.05, 4.69) is 30.4 Å². The van der Waals surface area contributed by atoms with Crippen LogP contribution in [0.2, 0.25) is 5.02 Å². The molecule has 1 aliphatic rings. The van der Waals surface area contributed by atoms with Gasteiger partial charge in [0, 0.05) is 22.9 Å². The summed E-state index contributed by atoms with van der Waals surface area (Å²) in [5.41, 5.74) is 5.63. The molecule has 1 saturated carbocycles. The van der Waals surface area contributed by atoms with E-state index in [-0.39, 0.29) is 6.10 Å². The number of anilines is 1. The number of benzene rings is 2. The van der Waals surface area contributed by atoms with Gasteiger partial charge in [-0.25, -0.2) is 0 Å². The van der Waals surface area contributed by atoms with Crippen molar-refractivity contribution in [1.29, 1.82) is 0 Å². The summed E-state index contributed by atoms with van der Waals surface area (Å²) in [6.45, 7) is 4.77. The zero-order valence-electron chi connectivity index (χ0n) is 14.7. The Kier molecular flexibility index (Phi) is 5.77. The highest BCUT2D eigenvalue weighted by atomic mass is 35.5. The summed E-state index contributed by atoms with van der Waals surface area (Å²) in [5, 5.41) is 3.42. The van der Waals surface area contributed by atoms with Crippen LogP contribution in [0.4, 0.5) is 5.69 Å². The minimum atomic E-state index is -0.242. The lowest BCUT2D eigenvalue weighted by molar-refractivity contribution is -0.105. The van der Waals surface area contributed by atoms with Crippen molar-refractivity contribution < 1.29 is 9.53 Å². The minimum absolute atomic E-state index is 0.242. The number of halogens is 1. The highest BCUT2D eigenvalue weighted by Gasteiger charge is 2.31. The Balaban J connectivity index is 2.15. The lowest BCUT2D eigenvalue weighted by atomic mass is 9.89. The third-order valence-corrected chi connectivity index (χ3v) is 4.96. The van der Waals surface area contributed by atoms with Crippen molar-refractivity contribution in [3.8, 4) is 0 Å². The monoisotopic (exact) mass is 357 g/mol. The second-order valence-corrected chi connectivity index (χ2v) is 6.81. The Morgan fingerprint density at radius 2 is 2.04 bits per heavy atom. The molecule has 1 aliphatic carbocycles. The first-order valence-corrected chi connectivity index (χ1v) is 9.30. The first-order chi connectivity index (χ1) is 12.2. The van der Waals surface area contributed by atoms with Gasteiger partial charge in [-0.2, -0.15) is 0 Å².